The third-order valence-electron chi connectivity index (χ3n) is 0.260. The summed E-state index contributed by atoms with van der Waals surface area (Å²) in [5.74, 6) is -1.37. The molecule has 0 atom stereocenters. The second-order valence-corrected chi connectivity index (χ2v) is 1.02. The van der Waals surface area contributed by atoms with Crippen LogP contribution in [0.2, 0.25) is 0 Å². The summed E-state index contributed by atoms with van der Waals surface area (Å²) in [7, 11) is 0. The van der Waals surface area contributed by atoms with Gasteiger partial charge >= 0.3 is 11.9 Å². The van der Waals surface area contributed by atoms with Gasteiger partial charge in [-0.15, -0.1) is 0 Å². The van der Waals surface area contributed by atoms with Crippen molar-refractivity contribution in [2.24, 2.45) is 0 Å². The molecule has 0 aromatic heterocycles. The summed E-state index contributed by atoms with van der Waals surface area (Å²) in [6.07, 6.45) is 0. The lowest BCUT2D eigenvalue weighted by Gasteiger charge is -1.98. The fraction of sp³-hybridized carbons (Fsp3) is 0. The molecule has 0 saturated heterocycles. The first-order valence-electron chi connectivity index (χ1n) is 1.90. The summed E-state index contributed by atoms with van der Waals surface area (Å²) >= 11 is 0. The van der Waals surface area contributed by atoms with Crippen molar-refractivity contribution in [3.8, 4) is 0 Å². The molecule has 0 aliphatic heterocycles. The van der Waals surface area contributed by atoms with Crippen LogP contribution in [-0.4, -0.2) is 10.2 Å². The molecule has 5 nitrogen and oxygen atoms in total. The van der Waals surface area contributed by atoms with Gasteiger partial charge in [0.1, 0.15) is 0 Å². The molecule has 9 heavy (non-hydrogen) atoms. The van der Waals surface area contributed by atoms with Gasteiger partial charge < -0.3 is 10.2 Å². The first kappa shape index (κ1) is 7.64. The monoisotopic (exact) mass is 134 g/mol. The quantitative estimate of drug-likeness (QED) is 0.340. The van der Waals surface area contributed by atoms with Crippen molar-refractivity contribution >= 4 is 0 Å². The molecular formula is C4H6O5. The van der Waals surface area contributed by atoms with E-state index in [0.717, 1.165) is 0 Å². The Hall–Kier alpha value is -1.36. The summed E-state index contributed by atoms with van der Waals surface area (Å²) in [6, 6.07) is 0. The molecule has 0 radical (unpaired) electrons. The molecule has 0 unspecified atom stereocenters. The topological polar surface area (TPSA) is 68.2 Å². The van der Waals surface area contributed by atoms with Gasteiger partial charge in [-0.05, 0) is 13.2 Å². The second-order valence-electron chi connectivity index (χ2n) is 1.02. The predicted octanol–water partition coefficient (Wildman–Crippen LogP) is 0.925. The van der Waals surface area contributed by atoms with Crippen LogP contribution in [0.3, 0.4) is 0 Å². The first-order chi connectivity index (χ1) is 4.13. The van der Waals surface area contributed by atoms with Crippen molar-refractivity contribution in [2.45, 2.75) is 0 Å². The maximum atomic E-state index is 8.13. The molecule has 0 aromatic rings. The van der Waals surface area contributed by atoms with Crippen LogP contribution in [0.1, 0.15) is 0 Å². The fourth-order valence-electron chi connectivity index (χ4n) is 0.0956. The molecule has 0 aliphatic carbocycles. The lowest BCUT2D eigenvalue weighted by Crippen LogP contribution is -1.94. The van der Waals surface area contributed by atoms with E-state index in [1.807, 2.05) is 0 Å². The number of aliphatic hydroxyl groups is 2. The van der Waals surface area contributed by atoms with Crippen molar-refractivity contribution in [1.82, 2.24) is 0 Å². The zero-order valence-electron chi connectivity index (χ0n) is 4.53. The summed E-state index contributed by atoms with van der Waals surface area (Å²) in [5, 5.41) is 19.9. The van der Waals surface area contributed by atoms with Gasteiger partial charge in [-0.1, -0.05) is 0 Å². The SMILES string of the molecule is C=C(O)OOOC(=C)O. The fourth-order valence-corrected chi connectivity index (χ4v) is 0.0956. The van der Waals surface area contributed by atoms with Gasteiger partial charge in [0.2, 0.25) is 0 Å². The van der Waals surface area contributed by atoms with Gasteiger partial charge in [-0.2, -0.15) is 0 Å². The standard InChI is InChI=1S/C4H6O5/c1-3(5)7-9-8-4(2)6/h5-6H,1-2H2. The Balaban J connectivity index is 3.10. The average molecular weight is 134 g/mol. The molecule has 0 rings (SSSR count). The highest BCUT2D eigenvalue weighted by atomic mass is 17.5. The first-order valence-corrected chi connectivity index (χ1v) is 1.90. The Morgan fingerprint density at radius 1 is 1.00 bits per heavy atom. The molecule has 2 N–H and O–H groups in total. The minimum Gasteiger partial charge on any atom is -0.479 e. The lowest BCUT2D eigenvalue weighted by molar-refractivity contribution is -0.497. The smallest absolute Gasteiger partial charge is 0.311 e. The predicted molar refractivity (Wildman–Crippen MR) is 26.8 cm³/mol. The van der Waals surface area contributed by atoms with Crippen LogP contribution in [-0.2, 0) is 14.8 Å². The molecule has 0 heterocycles. The van der Waals surface area contributed by atoms with Gasteiger partial charge in [0, 0.05) is 5.04 Å². The molecule has 0 aliphatic rings. The van der Waals surface area contributed by atoms with Crippen LogP contribution in [0.5, 0.6) is 0 Å². The molecular weight excluding hydrogens is 128 g/mol. The van der Waals surface area contributed by atoms with Gasteiger partial charge in [0.05, 0.1) is 0 Å². The number of hydrogen-bond donors (Lipinski definition) is 2. The van der Waals surface area contributed by atoms with Crippen LogP contribution in [0.4, 0.5) is 0 Å². The Kier molecular flexibility index (Phi) is 3.07. The molecule has 0 bridgehead atoms. The largest absolute Gasteiger partial charge is 0.479 e. The van der Waals surface area contributed by atoms with E-state index >= 15 is 0 Å². The van der Waals surface area contributed by atoms with E-state index in [4.69, 9.17) is 10.2 Å². The minimum atomic E-state index is -0.684. The van der Waals surface area contributed by atoms with Crippen LogP contribution in [0.25, 0.3) is 0 Å². The molecule has 5 heteroatoms. The molecule has 52 valence electrons. The number of hydrogen-bond acceptors (Lipinski definition) is 5. The van der Waals surface area contributed by atoms with Gasteiger partial charge in [-0.25, -0.2) is 0 Å². The third-order valence-corrected chi connectivity index (χ3v) is 0.260. The van der Waals surface area contributed by atoms with Gasteiger partial charge in [-0.3, -0.25) is 9.78 Å². The number of rotatable bonds is 4. The van der Waals surface area contributed by atoms with E-state index in [1.165, 1.54) is 0 Å². The molecule has 0 spiro atoms. The van der Waals surface area contributed by atoms with Crippen LogP contribution in [0.15, 0.2) is 25.0 Å². The van der Waals surface area contributed by atoms with E-state index in [1.54, 1.807) is 0 Å². The molecule has 0 fully saturated rings. The maximum absolute atomic E-state index is 8.13. The second kappa shape index (κ2) is 3.62. The number of aliphatic hydroxyl groups excluding tert-OH is 2. The van der Waals surface area contributed by atoms with Crippen molar-refractivity contribution in [3.05, 3.63) is 25.0 Å². The zero-order valence-corrected chi connectivity index (χ0v) is 4.53. The summed E-state index contributed by atoms with van der Waals surface area (Å²) < 4.78 is 0. The van der Waals surface area contributed by atoms with E-state index in [-0.39, 0.29) is 0 Å². The third kappa shape index (κ3) is 6.64. The average Bonchev–Trinajstić information content (AvgIpc) is 1.63. The molecule has 0 saturated carbocycles. The Morgan fingerprint density at radius 3 is 1.56 bits per heavy atom. The highest BCUT2D eigenvalue weighted by Crippen LogP contribution is 1.92. The van der Waals surface area contributed by atoms with E-state index in [9.17, 15) is 0 Å². The lowest BCUT2D eigenvalue weighted by atomic mass is 11.1. The van der Waals surface area contributed by atoms with Crippen molar-refractivity contribution in [1.29, 1.82) is 0 Å². The summed E-state index contributed by atoms with van der Waals surface area (Å²) in [4.78, 5) is 7.54. The van der Waals surface area contributed by atoms with Gasteiger partial charge in [0.15, 0.2) is 0 Å². The Labute approximate surface area is 51.2 Å². The highest BCUT2D eigenvalue weighted by Gasteiger charge is 1.91. The molecule has 0 amide bonds. The summed E-state index contributed by atoms with van der Waals surface area (Å²) in [6.45, 7) is 5.74. The highest BCUT2D eigenvalue weighted by molar-refractivity contribution is 4.59. The van der Waals surface area contributed by atoms with Crippen molar-refractivity contribution in [2.75, 3.05) is 0 Å². The Bertz CT molecular complexity index is 104. The summed E-state index contributed by atoms with van der Waals surface area (Å²) in [5.41, 5.74) is 0. The minimum absolute atomic E-state index is 0.684. The van der Waals surface area contributed by atoms with Crippen LogP contribution in [0, 0.1) is 0 Å². The van der Waals surface area contributed by atoms with E-state index in [0.29, 0.717) is 0 Å². The van der Waals surface area contributed by atoms with E-state index in [2.05, 4.69) is 28.0 Å². The Morgan fingerprint density at radius 2 is 1.33 bits per heavy atom. The van der Waals surface area contributed by atoms with Crippen molar-refractivity contribution in [3.63, 3.8) is 0 Å². The van der Waals surface area contributed by atoms with Crippen LogP contribution >= 0.6 is 0 Å². The van der Waals surface area contributed by atoms with Crippen molar-refractivity contribution < 1.29 is 25.0 Å². The normalized spacial score (nSPS) is 8.00. The molecule has 0 aromatic carbocycles. The van der Waals surface area contributed by atoms with E-state index < -0.39 is 11.9 Å². The van der Waals surface area contributed by atoms with Crippen LogP contribution < -0.4 is 0 Å². The zero-order chi connectivity index (χ0) is 7.28. The maximum Gasteiger partial charge on any atom is 0.311 e. The van der Waals surface area contributed by atoms with Gasteiger partial charge in [0.25, 0.3) is 0 Å².